The van der Waals surface area contributed by atoms with Gasteiger partial charge in [0.15, 0.2) is 0 Å². The average Bonchev–Trinajstić information content (AvgIpc) is 2.89. The molecule has 0 unspecified atom stereocenters. The molecule has 212 valence electrons. The maximum Gasteiger partial charge on any atom is 0.410 e. The van der Waals surface area contributed by atoms with Gasteiger partial charge in [-0.05, 0) is 63.4 Å². The van der Waals surface area contributed by atoms with E-state index in [9.17, 15) is 14.7 Å². The van der Waals surface area contributed by atoms with Crippen molar-refractivity contribution in [2.75, 3.05) is 38.8 Å². The SMILES string of the molecule is COc1ccc(CN2C(=O)CCc3c(OC[C@]4(O)CCN(C(=O)OC(C)(C)C)C[C@@H]4OC)ccc(F)c32)cc1. The van der Waals surface area contributed by atoms with Crippen LogP contribution < -0.4 is 14.4 Å². The van der Waals surface area contributed by atoms with Crippen LogP contribution in [-0.2, 0) is 27.2 Å². The van der Waals surface area contributed by atoms with E-state index in [0.717, 1.165) is 5.56 Å². The molecule has 0 aliphatic carbocycles. The first-order valence-corrected chi connectivity index (χ1v) is 13.0. The third-order valence-electron chi connectivity index (χ3n) is 7.06. The molecule has 0 radical (unpaired) electrons. The smallest absolute Gasteiger partial charge is 0.410 e. The Kier molecular flexibility index (Phi) is 8.37. The Morgan fingerprint density at radius 3 is 2.49 bits per heavy atom. The minimum atomic E-state index is -1.39. The molecule has 2 heterocycles. The molecule has 2 aliphatic heterocycles. The predicted molar refractivity (Wildman–Crippen MR) is 143 cm³/mol. The molecule has 0 bridgehead atoms. The monoisotopic (exact) mass is 544 g/mol. The topological polar surface area (TPSA) is 97.8 Å². The van der Waals surface area contributed by atoms with Crippen LogP contribution in [0.1, 0.15) is 44.7 Å². The predicted octanol–water partition coefficient (Wildman–Crippen LogP) is 4.08. The van der Waals surface area contributed by atoms with E-state index in [1.165, 1.54) is 29.0 Å². The fourth-order valence-corrected chi connectivity index (χ4v) is 4.94. The summed E-state index contributed by atoms with van der Waals surface area (Å²) in [4.78, 5) is 28.3. The first-order chi connectivity index (χ1) is 18.4. The molecule has 2 amide bonds. The van der Waals surface area contributed by atoms with E-state index in [1.54, 1.807) is 40.0 Å². The van der Waals surface area contributed by atoms with Crippen molar-refractivity contribution >= 4 is 17.7 Å². The number of rotatable bonds is 7. The Hall–Kier alpha value is -3.37. The van der Waals surface area contributed by atoms with Crippen molar-refractivity contribution < 1.29 is 38.0 Å². The number of fused-ring (bicyclic) bond motifs is 1. The zero-order valence-electron chi connectivity index (χ0n) is 23.2. The third-order valence-corrected chi connectivity index (χ3v) is 7.06. The molecule has 1 N–H and O–H groups in total. The lowest BCUT2D eigenvalue weighted by atomic mass is 9.89. The van der Waals surface area contributed by atoms with E-state index in [4.69, 9.17) is 18.9 Å². The van der Waals surface area contributed by atoms with Gasteiger partial charge in [-0.2, -0.15) is 0 Å². The number of hydrogen-bond donors (Lipinski definition) is 1. The molecule has 1 saturated heterocycles. The number of ether oxygens (including phenoxy) is 4. The summed E-state index contributed by atoms with van der Waals surface area (Å²) in [6, 6.07) is 10.1. The lowest BCUT2D eigenvalue weighted by Gasteiger charge is -2.43. The Bertz CT molecular complexity index is 1200. The van der Waals surface area contributed by atoms with E-state index >= 15 is 4.39 Å². The normalized spacial score (nSPS) is 21.4. The molecule has 4 rings (SSSR count). The van der Waals surface area contributed by atoms with Gasteiger partial charge in [-0.15, -0.1) is 0 Å². The zero-order chi connectivity index (χ0) is 28.4. The Labute approximate surface area is 228 Å². The quantitative estimate of drug-likeness (QED) is 0.561. The number of nitrogens with zero attached hydrogens (tertiary/aromatic N) is 2. The molecule has 2 atom stereocenters. The van der Waals surface area contributed by atoms with E-state index in [1.807, 2.05) is 12.1 Å². The van der Waals surface area contributed by atoms with Crippen LogP contribution in [0, 0.1) is 5.82 Å². The van der Waals surface area contributed by atoms with E-state index in [-0.39, 0.29) is 50.7 Å². The highest BCUT2D eigenvalue weighted by atomic mass is 19.1. The fourth-order valence-electron chi connectivity index (χ4n) is 4.94. The number of methoxy groups -OCH3 is 2. The number of halogens is 1. The van der Waals surface area contributed by atoms with E-state index in [2.05, 4.69) is 0 Å². The summed E-state index contributed by atoms with van der Waals surface area (Å²) in [6.07, 6.45) is -0.460. The van der Waals surface area contributed by atoms with Crippen molar-refractivity contribution in [2.24, 2.45) is 0 Å². The van der Waals surface area contributed by atoms with Gasteiger partial charge in [0.25, 0.3) is 0 Å². The maximum atomic E-state index is 15.1. The fraction of sp³-hybridized carbons (Fsp3) is 0.517. The van der Waals surface area contributed by atoms with Crippen molar-refractivity contribution in [3.8, 4) is 11.5 Å². The number of carbonyl (C=O) groups is 2. The summed E-state index contributed by atoms with van der Waals surface area (Å²) in [5.41, 5.74) is -0.430. The van der Waals surface area contributed by atoms with Gasteiger partial charge >= 0.3 is 6.09 Å². The van der Waals surface area contributed by atoms with Crippen molar-refractivity contribution in [1.29, 1.82) is 0 Å². The summed E-state index contributed by atoms with van der Waals surface area (Å²) in [7, 11) is 3.04. The summed E-state index contributed by atoms with van der Waals surface area (Å²) in [5.74, 6) is 0.395. The largest absolute Gasteiger partial charge is 0.497 e. The Morgan fingerprint density at radius 2 is 1.85 bits per heavy atom. The Balaban J connectivity index is 1.50. The van der Waals surface area contributed by atoms with Crippen molar-refractivity contribution in [3.63, 3.8) is 0 Å². The second-order valence-electron chi connectivity index (χ2n) is 11.0. The number of benzene rings is 2. The van der Waals surface area contributed by atoms with E-state index < -0.39 is 29.2 Å². The number of carbonyl (C=O) groups excluding carboxylic acids is 2. The van der Waals surface area contributed by atoms with Crippen LogP contribution in [0.15, 0.2) is 36.4 Å². The number of hydrogen-bond acceptors (Lipinski definition) is 7. The maximum absolute atomic E-state index is 15.1. The van der Waals surface area contributed by atoms with Crippen LogP contribution in [0.4, 0.5) is 14.9 Å². The lowest BCUT2D eigenvalue weighted by Crippen LogP contribution is -2.60. The summed E-state index contributed by atoms with van der Waals surface area (Å²) >= 11 is 0. The van der Waals surface area contributed by atoms with Crippen LogP contribution in [0.3, 0.4) is 0 Å². The van der Waals surface area contributed by atoms with Gasteiger partial charge in [0, 0.05) is 25.6 Å². The van der Waals surface area contributed by atoms with Gasteiger partial charge in [0.2, 0.25) is 5.91 Å². The van der Waals surface area contributed by atoms with Crippen LogP contribution >= 0.6 is 0 Å². The van der Waals surface area contributed by atoms with Crippen molar-refractivity contribution in [2.45, 2.75) is 63.9 Å². The number of likely N-dealkylation sites (tertiary alicyclic amines) is 1. The highest BCUT2D eigenvalue weighted by Gasteiger charge is 2.45. The van der Waals surface area contributed by atoms with Crippen LogP contribution in [-0.4, -0.2) is 73.2 Å². The molecule has 39 heavy (non-hydrogen) atoms. The van der Waals surface area contributed by atoms with Gasteiger partial charge in [-0.25, -0.2) is 9.18 Å². The first-order valence-electron chi connectivity index (χ1n) is 13.0. The minimum Gasteiger partial charge on any atom is -0.497 e. The second-order valence-corrected chi connectivity index (χ2v) is 11.0. The molecule has 9 nitrogen and oxygen atoms in total. The Morgan fingerprint density at radius 1 is 1.13 bits per heavy atom. The average molecular weight is 545 g/mol. The first kappa shape index (κ1) is 28.6. The minimum absolute atomic E-state index is 0.127. The summed E-state index contributed by atoms with van der Waals surface area (Å²) in [5, 5.41) is 11.4. The molecular formula is C29H37FN2O7. The summed E-state index contributed by atoms with van der Waals surface area (Å²) < 4.78 is 37.4. The van der Waals surface area contributed by atoms with Crippen molar-refractivity contribution in [3.05, 3.63) is 53.3 Å². The second kappa shape index (κ2) is 11.4. The number of piperidine rings is 1. The molecule has 10 heteroatoms. The van der Waals surface area contributed by atoms with Crippen LogP contribution in [0.5, 0.6) is 11.5 Å². The molecule has 0 saturated carbocycles. The molecular weight excluding hydrogens is 507 g/mol. The molecule has 2 aliphatic rings. The molecule has 0 spiro atoms. The van der Waals surface area contributed by atoms with Gasteiger partial charge < -0.3 is 33.9 Å². The highest BCUT2D eigenvalue weighted by Crippen LogP contribution is 2.39. The number of aliphatic hydroxyl groups is 1. The standard InChI is InChI=1S/C29H37FN2O7/c1-28(2,3)39-27(34)31-15-14-29(35,24(17-31)37-5)18-38-23-12-11-22(30)26-21(23)10-13-25(33)32(26)16-19-6-8-20(36-4)9-7-19/h6-9,11-12,24,35H,10,13-18H2,1-5H3/t24-,29+/m0/s1. The molecule has 2 aromatic rings. The molecule has 0 aromatic heterocycles. The van der Waals surface area contributed by atoms with Gasteiger partial charge in [-0.1, -0.05) is 12.1 Å². The number of anilines is 1. The molecule has 1 fully saturated rings. The van der Waals surface area contributed by atoms with Gasteiger partial charge in [0.05, 0.1) is 25.9 Å². The highest BCUT2D eigenvalue weighted by molar-refractivity contribution is 5.97. The van der Waals surface area contributed by atoms with Crippen LogP contribution in [0.25, 0.3) is 0 Å². The van der Waals surface area contributed by atoms with Crippen molar-refractivity contribution in [1.82, 2.24) is 4.90 Å². The molecule has 2 aromatic carbocycles. The third kappa shape index (κ3) is 6.45. The lowest BCUT2D eigenvalue weighted by molar-refractivity contribution is -0.147. The van der Waals surface area contributed by atoms with Gasteiger partial charge in [0.1, 0.15) is 41.2 Å². The summed E-state index contributed by atoms with van der Waals surface area (Å²) in [6.45, 7) is 5.85. The zero-order valence-corrected chi connectivity index (χ0v) is 23.2. The number of amides is 2. The van der Waals surface area contributed by atoms with E-state index in [0.29, 0.717) is 23.5 Å². The van der Waals surface area contributed by atoms with Crippen LogP contribution in [0.2, 0.25) is 0 Å². The van der Waals surface area contributed by atoms with Gasteiger partial charge in [-0.3, -0.25) is 4.79 Å².